The molecule has 1 aliphatic carbocycles. The van der Waals surface area contributed by atoms with Gasteiger partial charge in [0.25, 0.3) is 0 Å². The van der Waals surface area contributed by atoms with E-state index in [1.54, 1.807) is 0 Å². The summed E-state index contributed by atoms with van der Waals surface area (Å²) in [5.74, 6) is 0. The predicted octanol–water partition coefficient (Wildman–Crippen LogP) is 4.29. The van der Waals surface area contributed by atoms with E-state index in [1.165, 1.54) is 24.0 Å². The number of hydrogen-bond donors (Lipinski definition) is 0. The molecule has 2 heteroatoms. The molecule has 0 fully saturated rings. The topological polar surface area (TPSA) is 9.23 Å². The molecule has 1 nitrogen and oxygen atoms in total. The Bertz CT molecular complexity index is 360. The van der Waals surface area contributed by atoms with Crippen LogP contribution in [0.5, 0.6) is 0 Å². The van der Waals surface area contributed by atoms with Gasteiger partial charge in [-0.15, -0.1) is 0 Å². The second kappa shape index (κ2) is 5.05. The number of alkyl halides is 1. The number of rotatable bonds is 3. The lowest BCUT2D eigenvalue weighted by Crippen LogP contribution is -2.30. The molecule has 0 saturated carbocycles. The number of hydrogen-bond acceptors (Lipinski definition) is 1. The first-order valence-corrected chi connectivity index (χ1v) is 7.46. The van der Waals surface area contributed by atoms with Gasteiger partial charge in [-0.25, -0.2) is 0 Å². The van der Waals surface area contributed by atoms with Gasteiger partial charge in [0.05, 0.1) is 11.7 Å². The Kier molecular flexibility index (Phi) is 3.90. The maximum atomic E-state index is 6.25. The monoisotopic (exact) mass is 330 g/mol. The maximum absolute atomic E-state index is 6.25. The molecule has 1 aliphatic rings. The molecule has 1 atom stereocenters. The Labute approximate surface area is 112 Å². The number of ether oxygens (including phenoxy) is 1. The summed E-state index contributed by atoms with van der Waals surface area (Å²) in [5, 5.41) is 0. The average Bonchev–Trinajstić information content (AvgIpc) is 2.29. The summed E-state index contributed by atoms with van der Waals surface area (Å²) in [6.07, 6.45) is 3.92. The van der Waals surface area contributed by atoms with E-state index >= 15 is 0 Å². The Hall–Kier alpha value is -0.0900. The number of halogens is 1. The molecule has 0 N–H and O–H groups in total. The van der Waals surface area contributed by atoms with Crippen LogP contribution in [0.1, 0.15) is 43.9 Å². The van der Waals surface area contributed by atoms with Crippen molar-refractivity contribution in [1.82, 2.24) is 0 Å². The highest BCUT2D eigenvalue weighted by Crippen LogP contribution is 2.35. The smallest absolute Gasteiger partial charge is 0.0835 e. The van der Waals surface area contributed by atoms with Gasteiger partial charge in [0.1, 0.15) is 0 Å². The molecule has 0 saturated heterocycles. The predicted molar refractivity (Wildman–Crippen MR) is 76.2 cm³/mol. The third-order valence-corrected chi connectivity index (χ3v) is 4.93. The zero-order valence-corrected chi connectivity index (χ0v) is 12.2. The number of aryl methyl sites for hydroxylation is 1. The molecule has 0 aliphatic heterocycles. The molecule has 0 amide bonds. The van der Waals surface area contributed by atoms with Gasteiger partial charge in [0.15, 0.2) is 0 Å². The lowest BCUT2D eigenvalue weighted by molar-refractivity contribution is -0.0636. The maximum Gasteiger partial charge on any atom is 0.0835 e. The third-order valence-electron chi connectivity index (χ3n) is 3.10. The van der Waals surface area contributed by atoms with Crippen LogP contribution < -0.4 is 0 Å². The molecule has 0 bridgehead atoms. The van der Waals surface area contributed by atoms with Gasteiger partial charge in [-0.2, -0.15) is 0 Å². The number of fused-ring (bicyclic) bond motifs is 1. The van der Waals surface area contributed by atoms with Gasteiger partial charge >= 0.3 is 0 Å². The Morgan fingerprint density at radius 3 is 2.88 bits per heavy atom. The zero-order chi connectivity index (χ0) is 11.6. The highest BCUT2D eigenvalue weighted by Gasteiger charge is 2.27. The molecule has 0 spiro atoms. The molecule has 0 aromatic heterocycles. The van der Waals surface area contributed by atoms with Crippen LogP contribution in [0.15, 0.2) is 24.3 Å². The van der Waals surface area contributed by atoms with E-state index in [-0.39, 0.29) is 5.60 Å². The average molecular weight is 330 g/mol. The summed E-state index contributed by atoms with van der Waals surface area (Å²) < 4.78 is 7.28. The first kappa shape index (κ1) is 12.4. The van der Waals surface area contributed by atoms with Gasteiger partial charge in [0.2, 0.25) is 0 Å². The van der Waals surface area contributed by atoms with Gasteiger partial charge < -0.3 is 4.74 Å². The van der Waals surface area contributed by atoms with Crippen LogP contribution in [0.25, 0.3) is 0 Å². The Morgan fingerprint density at radius 1 is 1.38 bits per heavy atom. The normalized spacial score (nSPS) is 20.6. The Morgan fingerprint density at radius 2 is 2.12 bits per heavy atom. The van der Waals surface area contributed by atoms with Crippen molar-refractivity contribution in [2.75, 3.05) is 4.43 Å². The molecular weight excluding hydrogens is 311 g/mol. The SMILES string of the molecule is CC(C)(CI)OC1CCCc2ccccc21. The third kappa shape index (κ3) is 2.77. The van der Waals surface area contributed by atoms with E-state index in [4.69, 9.17) is 4.74 Å². The van der Waals surface area contributed by atoms with E-state index < -0.39 is 0 Å². The molecule has 16 heavy (non-hydrogen) atoms. The fraction of sp³-hybridized carbons (Fsp3) is 0.571. The lowest BCUT2D eigenvalue weighted by atomic mass is 9.89. The molecule has 1 aromatic carbocycles. The van der Waals surface area contributed by atoms with Crippen molar-refractivity contribution >= 4 is 22.6 Å². The van der Waals surface area contributed by atoms with Crippen molar-refractivity contribution in [3.05, 3.63) is 35.4 Å². The minimum Gasteiger partial charge on any atom is -0.367 e. The largest absolute Gasteiger partial charge is 0.367 e. The summed E-state index contributed by atoms with van der Waals surface area (Å²) in [5.41, 5.74) is 2.87. The fourth-order valence-corrected chi connectivity index (χ4v) is 2.43. The van der Waals surface area contributed by atoms with E-state index in [0.717, 1.165) is 10.8 Å². The van der Waals surface area contributed by atoms with Crippen molar-refractivity contribution in [2.24, 2.45) is 0 Å². The van der Waals surface area contributed by atoms with Crippen LogP contribution in [0.2, 0.25) is 0 Å². The summed E-state index contributed by atoms with van der Waals surface area (Å²) in [6.45, 7) is 4.35. The van der Waals surface area contributed by atoms with E-state index in [9.17, 15) is 0 Å². The summed E-state index contributed by atoms with van der Waals surface area (Å²) in [4.78, 5) is 0. The molecule has 0 heterocycles. The van der Waals surface area contributed by atoms with Gasteiger partial charge in [-0.05, 0) is 44.2 Å². The molecule has 88 valence electrons. The molecule has 0 radical (unpaired) electrons. The fourth-order valence-electron chi connectivity index (χ4n) is 2.25. The van der Waals surface area contributed by atoms with Crippen LogP contribution >= 0.6 is 22.6 Å². The summed E-state index contributed by atoms with van der Waals surface area (Å²) in [7, 11) is 0. The molecule has 1 unspecified atom stereocenters. The quantitative estimate of drug-likeness (QED) is 0.593. The van der Waals surface area contributed by atoms with Crippen LogP contribution in [0.3, 0.4) is 0 Å². The minimum atomic E-state index is -0.0182. The highest BCUT2D eigenvalue weighted by atomic mass is 127. The zero-order valence-electron chi connectivity index (χ0n) is 10.0. The second-order valence-electron chi connectivity index (χ2n) is 5.09. The lowest BCUT2D eigenvalue weighted by Gasteiger charge is -2.33. The van der Waals surface area contributed by atoms with Crippen molar-refractivity contribution in [1.29, 1.82) is 0 Å². The van der Waals surface area contributed by atoms with Gasteiger partial charge in [0, 0.05) is 4.43 Å². The van der Waals surface area contributed by atoms with Crippen molar-refractivity contribution in [2.45, 2.75) is 44.8 Å². The molecule has 1 aromatic rings. The summed E-state index contributed by atoms with van der Waals surface area (Å²) in [6, 6.07) is 8.71. The van der Waals surface area contributed by atoms with E-state index in [2.05, 4.69) is 60.7 Å². The van der Waals surface area contributed by atoms with Crippen LogP contribution in [0, 0.1) is 0 Å². The van der Waals surface area contributed by atoms with Crippen molar-refractivity contribution in [3.63, 3.8) is 0 Å². The van der Waals surface area contributed by atoms with Crippen molar-refractivity contribution < 1.29 is 4.74 Å². The number of benzene rings is 1. The van der Waals surface area contributed by atoms with Gasteiger partial charge in [-0.1, -0.05) is 46.9 Å². The van der Waals surface area contributed by atoms with Crippen LogP contribution in [-0.2, 0) is 11.2 Å². The van der Waals surface area contributed by atoms with E-state index in [1.807, 2.05) is 0 Å². The first-order chi connectivity index (χ1) is 7.62. The van der Waals surface area contributed by atoms with E-state index in [0.29, 0.717) is 6.10 Å². The van der Waals surface area contributed by atoms with Crippen molar-refractivity contribution in [3.8, 4) is 0 Å². The second-order valence-corrected chi connectivity index (χ2v) is 5.85. The summed E-state index contributed by atoms with van der Waals surface area (Å²) >= 11 is 2.40. The van der Waals surface area contributed by atoms with Crippen LogP contribution in [0.4, 0.5) is 0 Å². The standard InChI is InChI=1S/C14H19IO/c1-14(2,10-15)16-13-9-5-7-11-6-3-4-8-12(11)13/h3-4,6,8,13H,5,7,9-10H2,1-2H3. The Balaban J connectivity index is 2.19. The van der Waals surface area contributed by atoms with Crippen LogP contribution in [-0.4, -0.2) is 10.0 Å². The highest BCUT2D eigenvalue weighted by molar-refractivity contribution is 14.1. The molecule has 2 rings (SSSR count). The molecular formula is C14H19IO. The first-order valence-electron chi connectivity index (χ1n) is 5.94. The minimum absolute atomic E-state index is 0.0182. The van der Waals surface area contributed by atoms with Gasteiger partial charge in [-0.3, -0.25) is 0 Å².